The Morgan fingerprint density at radius 3 is 2.68 bits per heavy atom. The monoisotopic (exact) mass is 270 g/mol. The molecule has 1 saturated carbocycles. The molecular formula is C13H22N2O4. The van der Waals surface area contributed by atoms with E-state index >= 15 is 0 Å². The zero-order valence-electron chi connectivity index (χ0n) is 11.2. The van der Waals surface area contributed by atoms with Crippen LogP contribution in [0.5, 0.6) is 0 Å². The van der Waals surface area contributed by atoms with Crippen molar-refractivity contribution >= 4 is 11.9 Å². The van der Waals surface area contributed by atoms with Crippen molar-refractivity contribution in [2.75, 3.05) is 19.8 Å². The van der Waals surface area contributed by atoms with Crippen LogP contribution in [0.25, 0.3) is 0 Å². The van der Waals surface area contributed by atoms with Crippen LogP contribution in [0.1, 0.15) is 26.2 Å². The van der Waals surface area contributed by atoms with Crippen molar-refractivity contribution < 1.29 is 19.4 Å². The standard InChI is InChI=1S/C13H22N2O4/c1-2-5-14-10-7-19-6-9(10)12(16)15-11(13(17)18)8-3-4-8/h8-11,14H,2-7H2,1H3,(H,15,16)(H,17,18). The zero-order valence-corrected chi connectivity index (χ0v) is 11.2. The van der Waals surface area contributed by atoms with Gasteiger partial charge >= 0.3 is 5.97 Å². The number of carbonyl (C=O) groups excluding carboxylic acids is 1. The van der Waals surface area contributed by atoms with Crippen molar-refractivity contribution in [3.05, 3.63) is 0 Å². The summed E-state index contributed by atoms with van der Waals surface area (Å²) in [6.45, 7) is 3.78. The van der Waals surface area contributed by atoms with Crippen molar-refractivity contribution in [1.82, 2.24) is 10.6 Å². The van der Waals surface area contributed by atoms with Crippen molar-refractivity contribution in [3.63, 3.8) is 0 Å². The number of hydrogen-bond donors (Lipinski definition) is 3. The molecule has 0 aromatic rings. The number of carbonyl (C=O) groups is 2. The van der Waals surface area contributed by atoms with Crippen LogP contribution in [0, 0.1) is 11.8 Å². The second kappa shape index (κ2) is 6.34. The fourth-order valence-corrected chi connectivity index (χ4v) is 2.41. The van der Waals surface area contributed by atoms with Crippen molar-refractivity contribution in [2.45, 2.75) is 38.3 Å². The summed E-state index contributed by atoms with van der Waals surface area (Å²) in [6, 6.07) is -0.742. The molecule has 0 spiro atoms. The van der Waals surface area contributed by atoms with Gasteiger partial charge in [0.15, 0.2) is 0 Å². The average Bonchev–Trinajstić information content (AvgIpc) is 3.10. The Balaban J connectivity index is 1.88. The summed E-state index contributed by atoms with van der Waals surface area (Å²) in [5.74, 6) is -1.32. The van der Waals surface area contributed by atoms with Crippen LogP contribution in [-0.2, 0) is 14.3 Å². The molecule has 1 aliphatic carbocycles. The molecule has 6 nitrogen and oxygen atoms in total. The largest absolute Gasteiger partial charge is 0.480 e. The first-order valence-corrected chi connectivity index (χ1v) is 6.97. The Hall–Kier alpha value is -1.14. The van der Waals surface area contributed by atoms with Crippen LogP contribution >= 0.6 is 0 Å². The summed E-state index contributed by atoms with van der Waals surface area (Å²) >= 11 is 0. The lowest BCUT2D eigenvalue weighted by Crippen LogP contribution is -2.50. The van der Waals surface area contributed by atoms with E-state index in [1.54, 1.807) is 0 Å². The number of rotatable bonds is 7. The highest BCUT2D eigenvalue weighted by atomic mass is 16.5. The summed E-state index contributed by atoms with van der Waals surface area (Å²) in [4.78, 5) is 23.3. The zero-order chi connectivity index (χ0) is 13.8. The third kappa shape index (κ3) is 3.67. The molecule has 19 heavy (non-hydrogen) atoms. The quantitative estimate of drug-likeness (QED) is 0.605. The van der Waals surface area contributed by atoms with Gasteiger partial charge in [0.05, 0.1) is 19.1 Å². The first-order valence-electron chi connectivity index (χ1n) is 6.97. The molecule has 2 rings (SSSR count). The predicted molar refractivity (Wildman–Crippen MR) is 68.7 cm³/mol. The third-order valence-corrected chi connectivity index (χ3v) is 3.73. The van der Waals surface area contributed by atoms with E-state index in [-0.39, 0.29) is 23.8 Å². The molecule has 1 heterocycles. The number of carboxylic acids is 1. The molecule has 2 fully saturated rings. The van der Waals surface area contributed by atoms with E-state index in [1.165, 1.54) is 0 Å². The van der Waals surface area contributed by atoms with Gasteiger partial charge in [-0.1, -0.05) is 6.92 Å². The number of aliphatic carboxylic acids is 1. The lowest BCUT2D eigenvalue weighted by molar-refractivity contribution is -0.143. The van der Waals surface area contributed by atoms with Crippen molar-refractivity contribution in [1.29, 1.82) is 0 Å². The van der Waals surface area contributed by atoms with Gasteiger partial charge in [0.25, 0.3) is 0 Å². The number of hydrogen-bond acceptors (Lipinski definition) is 4. The second-order valence-electron chi connectivity index (χ2n) is 5.37. The molecule has 0 aromatic heterocycles. The highest BCUT2D eigenvalue weighted by Gasteiger charge is 2.40. The molecule has 2 aliphatic rings. The van der Waals surface area contributed by atoms with Gasteiger partial charge < -0.3 is 20.5 Å². The summed E-state index contributed by atoms with van der Waals surface area (Å²) in [6.07, 6.45) is 2.76. The first kappa shape index (κ1) is 14.3. The normalized spacial score (nSPS) is 28.1. The van der Waals surface area contributed by atoms with Crippen LogP contribution in [0.2, 0.25) is 0 Å². The van der Waals surface area contributed by atoms with Crippen LogP contribution < -0.4 is 10.6 Å². The molecule has 3 N–H and O–H groups in total. The predicted octanol–water partition coefficient (Wildman–Crippen LogP) is -0.0196. The van der Waals surface area contributed by atoms with E-state index < -0.39 is 12.0 Å². The number of carboxylic acid groups (broad SMARTS) is 1. The summed E-state index contributed by atoms with van der Waals surface area (Å²) in [7, 11) is 0. The molecule has 0 radical (unpaired) electrons. The molecule has 0 bridgehead atoms. The summed E-state index contributed by atoms with van der Waals surface area (Å²) < 4.78 is 5.34. The lowest BCUT2D eigenvalue weighted by atomic mass is 10.0. The Morgan fingerprint density at radius 1 is 1.37 bits per heavy atom. The molecule has 3 atom stereocenters. The smallest absolute Gasteiger partial charge is 0.326 e. The van der Waals surface area contributed by atoms with Crippen LogP contribution in [0.4, 0.5) is 0 Å². The molecule has 1 amide bonds. The maximum Gasteiger partial charge on any atom is 0.326 e. The van der Waals surface area contributed by atoms with Crippen molar-refractivity contribution in [3.8, 4) is 0 Å². The van der Waals surface area contributed by atoms with E-state index in [2.05, 4.69) is 17.6 Å². The SMILES string of the molecule is CCCNC1COCC1C(=O)NC(C(=O)O)C1CC1. The second-order valence-corrected chi connectivity index (χ2v) is 5.37. The molecule has 108 valence electrons. The minimum atomic E-state index is -0.937. The van der Waals surface area contributed by atoms with Gasteiger partial charge in [-0.2, -0.15) is 0 Å². The number of amides is 1. The summed E-state index contributed by atoms with van der Waals surface area (Å²) in [5.41, 5.74) is 0. The van der Waals surface area contributed by atoms with E-state index in [0.717, 1.165) is 25.8 Å². The third-order valence-electron chi connectivity index (χ3n) is 3.73. The van der Waals surface area contributed by atoms with Gasteiger partial charge in [0.1, 0.15) is 6.04 Å². The topological polar surface area (TPSA) is 87.7 Å². The number of nitrogens with one attached hydrogen (secondary N) is 2. The molecule has 0 aromatic carbocycles. The minimum absolute atomic E-state index is 0.00593. The molecule has 6 heteroatoms. The van der Waals surface area contributed by atoms with Crippen LogP contribution in [0.15, 0.2) is 0 Å². The van der Waals surface area contributed by atoms with Crippen molar-refractivity contribution in [2.24, 2.45) is 11.8 Å². The fraction of sp³-hybridized carbons (Fsp3) is 0.846. The maximum absolute atomic E-state index is 12.2. The Morgan fingerprint density at radius 2 is 2.11 bits per heavy atom. The van der Waals surface area contributed by atoms with Gasteiger partial charge in [0.2, 0.25) is 5.91 Å². The Kier molecular flexibility index (Phi) is 4.76. The average molecular weight is 270 g/mol. The fourth-order valence-electron chi connectivity index (χ4n) is 2.41. The molecule has 1 saturated heterocycles. The molecule has 1 aliphatic heterocycles. The highest BCUT2D eigenvalue weighted by Crippen LogP contribution is 2.33. The van der Waals surface area contributed by atoms with Gasteiger partial charge in [-0.05, 0) is 31.7 Å². The summed E-state index contributed by atoms with van der Waals surface area (Å²) in [5, 5.41) is 15.1. The van der Waals surface area contributed by atoms with E-state index in [1.807, 2.05) is 0 Å². The first-order chi connectivity index (χ1) is 9.13. The Labute approximate surface area is 112 Å². The van der Waals surface area contributed by atoms with E-state index in [4.69, 9.17) is 9.84 Å². The molecule has 3 unspecified atom stereocenters. The van der Waals surface area contributed by atoms with Gasteiger partial charge in [-0.15, -0.1) is 0 Å². The minimum Gasteiger partial charge on any atom is -0.480 e. The number of ether oxygens (including phenoxy) is 1. The lowest BCUT2D eigenvalue weighted by Gasteiger charge is -2.21. The van der Waals surface area contributed by atoms with Crippen LogP contribution in [-0.4, -0.2) is 48.8 Å². The van der Waals surface area contributed by atoms with Gasteiger partial charge in [-0.3, -0.25) is 4.79 Å². The Bertz CT molecular complexity index is 344. The van der Waals surface area contributed by atoms with Gasteiger partial charge in [0, 0.05) is 6.04 Å². The highest BCUT2D eigenvalue weighted by molar-refractivity contribution is 5.86. The van der Waals surface area contributed by atoms with Gasteiger partial charge in [-0.25, -0.2) is 4.79 Å². The van der Waals surface area contributed by atoms with E-state index in [0.29, 0.717) is 13.2 Å². The van der Waals surface area contributed by atoms with E-state index in [9.17, 15) is 9.59 Å². The van der Waals surface area contributed by atoms with Crippen LogP contribution in [0.3, 0.4) is 0 Å². The molecular weight excluding hydrogens is 248 g/mol. The maximum atomic E-state index is 12.2.